The van der Waals surface area contributed by atoms with Crippen molar-refractivity contribution in [3.63, 3.8) is 0 Å². The molecule has 0 saturated carbocycles. The molecule has 0 aliphatic heterocycles. The predicted octanol–water partition coefficient (Wildman–Crippen LogP) is 11.8. The zero-order valence-corrected chi connectivity index (χ0v) is 23.8. The smallest absolute Gasteiger partial charge is 0.143 e. The van der Waals surface area contributed by atoms with Gasteiger partial charge in [-0.05, 0) is 57.4 Å². The normalized spacial score (nSPS) is 12.1. The van der Waals surface area contributed by atoms with Crippen LogP contribution in [0.4, 0.5) is 0 Å². The van der Waals surface area contributed by atoms with E-state index in [-0.39, 0.29) is 0 Å². The van der Waals surface area contributed by atoms with Crippen LogP contribution < -0.4 is 0 Å². The van der Waals surface area contributed by atoms with Gasteiger partial charge in [0, 0.05) is 43.6 Å². The van der Waals surface area contributed by atoms with Gasteiger partial charge < -0.3 is 8.98 Å². The molecule has 0 aliphatic carbocycles. The highest BCUT2D eigenvalue weighted by Gasteiger charge is 2.21. The average molecular weight is 560 g/mol. The van der Waals surface area contributed by atoms with E-state index in [1.165, 1.54) is 54.1 Å². The van der Waals surface area contributed by atoms with Crippen LogP contribution in [-0.2, 0) is 0 Å². The molecule has 8 aromatic carbocycles. The minimum Gasteiger partial charge on any atom is -0.455 e. The fraction of sp³-hybridized carbons (Fsp3) is 0. The lowest BCUT2D eigenvalue weighted by atomic mass is 9.92. The van der Waals surface area contributed by atoms with Gasteiger partial charge in [0.05, 0.1) is 11.0 Å². The van der Waals surface area contributed by atoms with E-state index in [0.717, 1.165) is 38.8 Å². The van der Waals surface area contributed by atoms with Gasteiger partial charge in [-0.25, -0.2) is 0 Å². The van der Waals surface area contributed by atoms with Crippen molar-refractivity contribution < 1.29 is 4.42 Å². The zero-order valence-electron chi connectivity index (χ0n) is 23.8. The highest BCUT2D eigenvalue weighted by atomic mass is 16.3. The minimum absolute atomic E-state index is 0.917. The first-order chi connectivity index (χ1) is 21.8. The van der Waals surface area contributed by atoms with Gasteiger partial charge in [0.1, 0.15) is 11.2 Å². The fourth-order valence-electron chi connectivity index (χ4n) is 7.48. The van der Waals surface area contributed by atoms with Crippen LogP contribution in [0.5, 0.6) is 0 Å². The summed E-state index contributed by atoms with van der Waals surface area (Å²) in [6.07, 6.45) is 0. The summed E-state index contributed by atoms with van der Waals surface area (Å²) >= 11 is 0. The number of aromatic nitrogens is 1. The third-order valence-corrected chi connectivity index (χ3v) is 9.35. The van der Waals surface area contributed by atoms with Crippen molar-refractivity contribution in [3.05, 3.63) is 152 Å². The Balaban J connectivity index is 1.43. The number of nitrogens with zero attached hydrogens (tertiary/aromatic N) is 1. The highest BCUT2D eigenvalue weighted by Crippen LogP contribution is 2.46. The van der Waals surface area contributed by atoms with E-state index in [4.69, 9.17) is 4.42 Å². The van der Waals surface area contributed by atoms with Gasteiger partial charge in [0.2, 0.25) is 0 Å². The van der Waals surface area contributed by atoms with Crippen molar-refractivity contribution in [2.24, 2.45) is 0 Å². The summed E-state index contributed by atoms with van der Waals surface area (Å²) in [6.45, 7) is 0. The second-order valence-corrected chi connectivity index (χ2v) is 11.7. The van der Waals surface area contributed by atoms with Crippen molar-refractivity contribution in [1.82, 2.24) is 4.57 Å². The van der Waals surface area contributed by atoms with Crippen LogP contribution in [0.3, 0.4) is 0 Å². The van der Waals surface area contributed by atoms with E-state index in [0.29, 0.717) is 0 Å². The van der Waals surface area contributed by atoms with Crippen LogP contribution in [0.15, 0.2) is 156 Å². The lowest BCUT2D eigenvalue weighted by molar-refractivity contribution is 0.670. The molecule has 0 radical (unpaired) electrons. The summed E-state index contributed by atoms with van der Waals surface area (Å²) < 4.78 is 8.95. The number of hydrogen-bond donors (Lipinski definition) is 0. The Kier molecular flexibility index (Phi) is 4.75. The Morgan fingerprint density at radius 3 is 2.05 bits per heavy atom. The quantitative estimate of drug-likeness (QED) is 0.193. The second kappa shape index (κ2) is 8.82. The number of rotatable bonds is 2. The number of para-hydroxylation sites is 3. The van der Waals surface area contributed by atoms with Crippen LogP contribution in [0.1, 0.15) is 0 Å². The molecule has 10 aromatic rings. The molecule has 0 aliphatic rings. The third kappa shape index (κ3) is 3.14. The molecule has 0 saturated heterocycles. The molecule has 0 atom stereocenters. The van der Waals surface area contributed by atoms with E-state index in [9.17, 15) is 0 Å². The van der Waals surface area contributed by atoms with Crippen LogP contribution in [0, 0.1) is 0 Å². The lowest BCUT2D eigenvalue weighted by Gasteiger charge is -2.13. The van der Waals surface area contributed by atoms with Crippen LogP contribution in [0.2, 0.25) is 0 Å². The van der Waals surface area contributed by atoms with Crippen molar-refractivity contribution >= 4 is 76.1 Å². The Morgan fingerprint density at radius 2 is 1.16 bits per heavy atom. The first-order valence-corrected chi connectivity index (χ1v) is 15.1. The van der Waals surface area contributed by atoms with E-state index in [1.54, 1.807) is 0 Å². The Morgan fingerprint density at radius 1 is 0.432 bits per heavy atom. The van der Waals surface area contributed by atoms with Gasteiger partial charge in [-0.1, -0.05) is 121 Å². The van der Waals surface area contributed by atoms with Crippen molar-refractivity contribution in [2.75, 3.05) is 0 Å². The van der Waals surface area contributed by atoms with Gasteiger partial charge in [0.15, 0.2) is 0 Å². The first-order valence-electron chi connectivity index (χ1n) is 15.1. The first kappa shape index (κ1) is 23.7. The molecule has 0 unspecified atom stereocenters. The molecule has 0 spiro atoms. The number of hydrogen-bond acceptors (Lipinski definition) is 1. The molecule has 2 nitrogen and oxygen atoms in total. The van der Waals surface area contributed by atoms with Crippen LogP contribution in [-0.4, -0.2) is 4.57 Å². The second-order valence-electron chi connectivity index (χ2n) is 11.7. The summed E-state index contributed by atoms with van der Waals surface area (Å²) in [5.41, 5.74) is 7.69. The molecule has 44 heavy (non-hydrogen) atoms. The highest BCUT2D eigenvalue weighted by molar-refractivity contribution is 6.37. The average Bonchev–Trinajstić information content (AvgIpc) is 3.64. The molecule has 10 rings (SSSR count). The fourth-order valence-corrected chi connectivity index (χ4v) is 7.48. The van der Waals surface area contributed by atoms with Crippen molar-refractivity contribution in [1.29, 1.82) is 0 Å². The summed E-state index contributed by atoms with van der Waals surface area (Å²) in [6, 6.07) is 54.7. The molecule has 0 bridgehead atoms. The molecule has 2 heterocycles. The monoisotopic (exact) mass is 559 g/mol. The Hall–Kier alpha value is -5.86. The third-order valence-electron chi connectivity index (χ3n) is 9.35. The molecular formula is C42H25NO. The SMILES string of the molecule is c1ccc(-n2c3ccc(-c4cccc5c4oc4ccccc45)cc3c3c4c5ccccc5ccc4c4ccccc4c32)cc1. The zero-order chi connectivity index (χ0) is 28.8. The molecule has 2 heteroatoms. The minimum atomic E-state index is 0.917. The molecule has 0 amide bonds. The number of fused-ring (bicyclic) bond motifs is 13. The summed E-state index contributed by atoms with van der Waals surface area (Å²) in [7, 11) is 0. The van der Waals surface area contributed by atoms with E-state index in [1.807, 2.05) is 6.07 Å². The van der Waals surface area contributed by atoms with E-state index >= 15 is 0 Å². The number of furan rings is 1. The maximum absolute atomic E-state index is 6.49. The summed E-state index contributed by atoms with van der Waals surface area (Å²) in [4.78, 5) is 0. The van der Waals surface area contributed by atoms with Gasteiger partial charge in [-0.2, -0.15) is 0 Å². The van der Waals surface area contributed by atoms with Crippen LogP contribution in [0.25, 0.3) is 92.9 Å². The molecule has 0 N–H and O–H groups in total. The van der Waals surface area contributed by atoms with Crippen molar-refractivity contribution in [3.8, 4) is 16.8 Å². The van der Waals surface area contributed by atoms with Gasteiger partial charge >= 0.3 is 0 Å². The topological polar surface area (TPSA) is 18.1 Å². The van der Waals surface area contributed by atoms with Gasteiger partial charge in [0.25, 0.3) is 0 Å². The predicted molar refractivity (Wildman–Crippen MR) is 186 cm³/mol. The maximum Gasteiger partial charge on any atom is 0.143 e. The van der Waals surface area contributed by atoms with Gasteiger partial charge in [-0.15, -0.1) is 0 Å². The molecule has 2 aromatic heterocycles. The maximum atomic E-state index is 6.49. The summed E-state index contributed by atoms with van der Waals surface area (Å²) in [5.74, 6) is 0. The number of benzene rings is 8. The largest absolute Gasteiger partial charge is 0.455 e. The summed E-state index contributed by atoms with van der Waals surface area (Å²) in [5, 5.41) is 12.5. The van der Waals surface area contributed by atoms with Crippen molar-refractivity contribution in [2.45, 2.75) is 0 Å². The van der Waals surface area contributed by atoms with Crippen LogP contribution >= 0.6 is 0 Å². The van der Waals surface area contributed by atoms with E-state index in [2.05, 4.69) is 150 Å². The van der Waals surface area contributed by atoms with E-state index < -0.39 is 0 Å². The standard InChI is InChI=1S/C42H25NO/c1-2-12-28(13-3-1)43-37-24-22-27(30-18-10-19-35-32-16-8-9-20-38(32)44-42(30)35)25-36(37)40-39-29-14-5-4-11-26(29)21-23-33(39)31-15-6-7-17-34(31)41(40)43/h1-25H. The molecule has 0 fully saturated rings. The Labute approximate surface area is 253 Å². The lowest BCUT2D eigenvalue weighted by Crippen LogP contribution is -1.94. The van der Waals surface area contributed by atoms with Gasteiger partial charge in [-0.3, -0.25) is 0 Å². The Bertz CT molecular complexity index is 2760. The molecular weight excluding hydrogens is 534 g/mol. The molecule has 204 valence electrons.